The third-order valence-electron chi connectivity index (χ3n) is 1.46. The number of alkyl halides is 2. The highest BCUT2D eigenvalue weighted by Gasteiger charge is 2.12. The average Bonchev–Trinajstić information content (AvgIpc) is 2.31. The van der Waals surface area contributed by atoms with Crippen LogP contribution < -0.4 is 5.32 Å². The van der Waals surface area contributed by atoms with Crippen molar-refractivity contribution in [2.24, 2.45) is 0 Å². The van der Waals surface area contributed by atoms with Crippen LogP contribution in [0.15, 0.2) is 11.8 Å². The molecule has 1 aliphatic rings. The molecule has 0 radical (unpaired) electrons. The predicted molar refractivity (Wildman–Crippen MR) is 36.3 cm³/mol. The highest BCUT2D eigenvalue weighted by Crippen LogP contribution is 2.11. The van der Waals surface area contributed by atoms with Gasteiger partial charge in [-0.15, -0.1) is 0 Å². The molecule has 0 aliphatic heterocycles. The SMILES string of the molecule is O=C1C=C(NCC(F)F)CC1. The quantitative estimate of drug-likeness (QED) is 0.671. The molecule has 0 aromatic rings. The van der Waals surface area contributed by atoms with Crippen molar-refractivity contribution in [3.05, 3.63) is 11.8 Å². The molecule has 0 unspecified atom stereocenters. The molecule has 0 bridgehead atoms. The molecular weight excluding hydrogens is 152 g/mol. The van der Waals surface area contributed by atoms with Crippen LogP contribution in [-0.2, 0) is 4.79 Å². The fourth-order valence-corrected chi connectivity index (χ4v) is 0.944. The molecule has 0 saturated heterocycles. The number of nitrogens with one attached hydrogen (secondary N) is 1. The first-order chi connectivity index (χ1) is 5.18. The molecular formula is C7H9F2NO. The van der Waals surface area contributed by atoms with Crippen LogP contribution >= 0.6 is 0 Å². The minimum absolute atomic E-state index is 0.0155. The summed E-state index contributed by atoms with van der Waals surface area (Å²) in [6.45, 7) is -0.362. The van der Waals surface area contributed by atoms with Gasteiger partial charge < -0.3 is 5.32 Å². The van der Waals surface area contributed by atoms with Gasteiger partial charge in [-0.3, -0.25) is 4.79 Å². The lowest BCUT2D eigenvalue weighted by Gasteiger charge is -2.03. The molecule has 0 spiro atoms. The third kappa shape index (κ3) is 2.65. The number of carbonyl (C=O) groups excluding carboxylic acids is 1. The van der Waals surface area contributed by atoms with Gasteiger partial charge >= 0.3 is 0 Å². The molecule has 11 heavy (non-hydrogen) atoms. The first kappa shape index (κ1) is 8.17. The number of rotatable bonds is 3. The Balaban J connectivity index is 2.27. The Hall–Kier alpha value is -0.930. The summed E-state index contributed by atoms with van der Waals surface area (Å²) in [6, 6.07) is 0. The van der Waals surface area contributed by atoms with Crippen molar-refractivity contribution in [3.63, 3.8) is 0 Å². The summed E-state index contributed by atoms with van der Waals surface area (Å²) >= 11 is 0. The van der Waals surface area contributed by atoms with Crippen LogP contribution in [0.25, 0.3) is 0 Å². The minimum atomic E-state index is -2.35. The van der Waals surface area contributed by atoms with Crippen molar-refractivity contribution in [1.29, 1.82) is 0 Å². The maximum absolute atomic E-state index is 11.6. The van der Waals surface area contributed by atoms with Crippen molar-refractivity contribution in [3.8, 4) is 0 Å². The van der Waals surface area contributed by atoms with Gasteiger partial charge in [-0.05, 0) is 6.42 Å². The van der Waals surface area contributed by atoms with Crippen molar-refractivity contribution >= 4 is 5.78 Å². The first-order valence-corrected chi connectivity index (χ1v) is 3.44. The molecule has 0 heterocycles. The molecule has 0 aromatic heterocycles. The molecule has 0 amide bonds. The van der Waals surface area contributed by atoms with E-state index in [0.717, 1.165) is 0 Å². The summed E-state index contributed by atoms with van der Waals surface area (Å²) in [5.41, 5.74) is 0.635. The summed E-state index contributed by atoms with van der Waals surface area (Å²) in [5, 5.41) is 2.50. The van der Waals surface area contributed by atoms with Gasteiger partial charge in [-0.25, -0.2) is 8.78 Å². The van der Waals surface area contributed by atoms with E-state index >= 15 is 0 Å². The van der Waals surface area contributed by atoms with Gasteiger partial charge in [0.1, 0.15) is 0 Å². The number of ketones is 1. The summed E-state index contributed by atoms with van der Waals surface area (Å²) in [7, 11) is 0. The number of allylic oxidation sites excluding steroid dienone is 2. The molecule has 0 saturated carbocycles. The van der Waals surface area contributed by atoms with Gasteiger partial charge in [0.15, 0.2) is 5.78 Å². The molecule has 1 N–H and O–H groups in total. The first-order valence-electron chi connectivity index (χ1n) is 3.44. The second kappa shape index (κ2) is 3.46. The standard InChI is InChI=1S/C7H9F2NO/c8-7(9)4-10-5-1-2-6(11)3-5/h3,7,10H,1-2,4H2. The molecule has 0 fully saturated rings. The van der Waals surface area contributed by atoms with Crippen LogP contribution in [0.2, 0.25) is 0 Å². The van der Waals surface area contributed by atoms with Crippen LogP contribution in [0, 0.1) is 0 Å². The van der Waals surface area contributed by atoms with Gasteiger partial charge in [0.25, 0.3) is 6.43 Å². The van der Waals surface area contributed by atoms with Gasteiger partial charge in [0.05, 0.1) is 6.54 Å². The average molecular weight is 161 g/mol. The van der Waals surface area contributed by atoms with E-state index in [1.807, 2.05) is 0 Å². The molecule has 0 atom stereocenters. The van der Waals surface area contributed by atoms with Crippen LogP contribution in [0.1, 0.15) is 12.8 Å². The van der Waals surface area contributed by atoms with E-state index in [1.54, 1.807) is 0 Å². The lowest BCUT2D eigenvalue weighted by atomic mass is 10.3. The van der Waals surface area contributed by atoms with Gasteiger partial charge in [-0.2, -0.15) is 0 Å². The zero-order chi connectivity index (χ0) is 8.27. The maximum atomic E-state index is 11.6. The van der Waals surface area contributed by atoms with E-state index in [2.05, 4.69) is 5.32 Å². The lowest BCUT2D eigenvalue weighted by Crippen LogP contribution is -2.19. The molecule has 1 aliphatic carbocycles. The summed E-state index contributed by atoms with van der Waals surface area (Å²) in [4.78, 5) is 10.6. The van der Waals surface area contributed by atoms with Crippen LogP contribution in [-0.4, -0.2) is 18.8 Å². The van der Waals surface area contributed by atoms with E-state index in [4.69, 9.17) is 0 Å². The van der Waals surface area contributed by atoms with Crippen LogP contribution in [0.3, 0.4) is 0 Å². The Bertz CT molecular complexity index is 189. The molecule has 62 valence electrons. The molecule has 0 aromatic carbocycles. The number of halogens is 2. The third-order valence-corrected chi connectivity index (χ3v) is 1.46. The monoisotopic (exact) mass is 161 g/mol. The molecule has 1 rings (SSSR count). The van der Waals surface area contributed by atoms with E-state index < -0.39 is 6.43 Å². The maximum Gasteiger partial charge on any atom is 0.255 e. The Morgan fingerprint density at radius 3 is 2.73 bits per heavy atom. The van der Waals surface area contributed by atoms with Crippen molar-refractivity contribution in [2.75, 3.05) is 6.54 Å². The Morgan fingerprint density at radius 2 is 2.27 bits per heavy atom. The van der Waals surface area contributed by atoms with Gasteiger partial charge in [-0.1, -0.05) is 0 Å². The number of hydrogen-bond donors (Lipinski definition) is 1. The van der Waals surface area contributed by atoms with Gasteiger partial charge in [0, 0.05) is 18.2 Å². The van der Waals surface area contributed by atoms with Crippen LogP contribution in [0.5, 0.6) is 0 Å². The fourth-order valence-electron chi connectivity index (χ4n) is 0.944. The summed E-state index contributed by atoms with van der Waals surface area (Å²) in [5.74, 6) is 0.0155. The summed E-state index contributed by atoms with van der Waals surface area (Å²) < 4.78 is 23.2. The van der Waals surface area contributed by atoms with E-state index in [-0.39, 0.29) is 12.3 Å². The second-order valence-corrected chi connectivity index (χ2v) is 2.41. The fraction of sp³-hybridized carbons (Fsp3) is 0.571. The second-order valence-electron chi connectivity index (χ2n) is 2.41. The normalized spacial score (nSPS) is 17.4. The van der Waals surface area contributed by atoms with E-state index in [9.17, 15) is 13.6 Å². The van der Waals surface area contributed by atoms with E-state index in [0.29, 0.717) is 18.5 Å². The lowest BCUT2D eigenvalue weighted by molar-refractivity contribution is -0.114. The molecule has 2 nitrogen and oxygen atoms in total. The smallest absolute Gasteiger partial charge is 0.255 e. The van der Waals surface area contributed by atoms with Crippen molar-refractivity contribution < 1.29 is 13.6 Å². The predicted octanol–water partition coefficient (Wildman–Crippen LogP) is 1.09. The highest BCUT2D eigenvalue weighted by molar-refractivity contribution is 5.92. The van der Waals surface area contributed by atoms with Crippen LogP contribution in [0.4, 0.5) is 8.78 Å². The largest absolute Gasteiger partial charge is 0.382 e. The van der Waals surface area contributed by atoms with Crippen molar-refractivity contribution in [1.82, 2.24) is 5.32 Å². The Kier molecular flexibility index (Phi) is 2.57. The number of carbonyl (C=O) groups is 1. The minimum Gasteiger partial charge on any atom is -0.382 e. The van der Waals surface area contributed by atoms with E-state index in [1.165, 1.54) is 6.08 Å². The Labute approximate surface area is 63.3 Å². The zero-order valence-corrected chi connectivity index (χ0v) is 5.94. The highest BCUT2D eigenvalue weighted by atomic mass is 19.3. The Morgan fingerprint density at radius 1 is 1.55 bits per heavy atom. The number of hydrogen-bond acceptors (Lipinski definition) is 2. The topological polar surface area (TPSA) is 29.1 Å². The zero-order valence-electron chi connectivity index (χ0n) is 5.94. The summed E-state index contributed by atoms with van der Waals surface area (Å²) in [6.07, 6.45) is 0.0612. The molecule has 4 heteroatoms. The van der Waals surface area contributed by atoms with Gasteiger partial charge in [0.2, 0.25) is 0 Å². The van der Waals surface area contributed by atoms with Crippen molar-refractivity contribution in [2.45, 2.75) is 19.3 Å².